The van der Waals surface area contributed by atoms with Crippen molar-refractivity contribution in [2.75, 3.05) is 26.2 Å². The Morgan fingerprint density at radius 3 is 2.12 bits per heavy atom. The van der Waals surface area contributed by atoms with Gasteiger partial charge in [0.25, 0.3) is 0 Å². The van der Waals surface area contributed by atoms with Gasteiger partial charge in [-0.3, -0.25) is 4.90 Å². The lowest BCUT2D eigenvalue weighted by atomic mass is 10.1. The van der Waals surface area contributed by atoms with Crippen LogP contribution in [0.25, 0.3) is 28.2 Å². The van der Waals surface area contributed by atoms with Crippen LogP contribution in [0.1, 0.15) is 19.3 Å². The number of para-hydroxylation sites is 1. The largest absolute Gasteiger partial charge is 0.492 e. The molecule has 1 fully saturated rings. The van der Waals surface area contributed by atoms with Crippen molar-refractivity contribution >= 4 is 0 Å². The molecule has 1 aliphatic rings. The molecule has 0 N–H and O–H groups in total. The Morgan fingerprint density at radius 2 is 1.41 bits per heavy atom. The highest BCUT2D eigenvalue weighted by Crippen LogP contribution is 2.29. The first-order valence-electron chi connectivity index (χ1n) is 11.5. The van der Waals surface area contributed by atoms with Crippen molar-refractivity contribution in [3.63, 3.8) is 0 Å². The Kier molecular flexibility index (Phi) is 6.31. The summed E-state index contributed by atoms with van der Waals surface area (Å²) in [7, 11) is 0. The molecule has 0 radical (unpaired) electrons. The highest BCUT2D eigenvalue weighted by Gasteiger charge is 2.13. The first-order valence-corrected chi connectivity index (χ1v) is 11.5. The third-order valence-electron chi connectivity index (χ3n) is 6.05. The van der Waals surface area contributed by atoms with Gasteiger partial charge in [0.15, 0.2) is 0 Å². The topological polar surface area (TPSA) is 30.3 Å². The van der Waals surface area contributed by atoms with E-state index in [1.54, 1.807) is 0 Å². The average Bonchev–Trinajstić information content (AvgIpc) is 3.32. The SMILES string of the molecule is c1ccc(-c2cc(-c3ccc(OCCN4CCCCC4)cc3)n(-c3ccccc3)n2)cc1. The smallest absolute Gasteiger partial charge is 0.119 e. The maximum absolute atomic E-state index is 6.02. The number of hydrogen-bond donors (Lipinski definition) is 0. The number of nitrogens with zero attached hydrogens (tertiary/aromatic N) is 3. The van der Waals surface area contributed by atoms with Crippen molar-refractivity contribution in [1.82, 2.24) is 14.7 Å². The molecule has 1 aliphatic heterocycles. The van der Waals surface area contributed by atoms with Crippen molar-refractivity contribution in [3.8, 4) is 34.0 Å². The number of aromatic nitrogens is 2. The molecule has 3 aromatic carbocycles. The second-order valence-electron chi connectivity index (χ2n) is 8.30. The Labute approximate surface area is 190 Å². The van der Waals surface area contributed by atoms with Gasteiger partial charge in [-0.25, -0.2) is 4.68 Å². The molecule has 5 rings (SSSR count). The summed E-state index contributed by atoms with van der Waals surface area (Å²) in [6, 6.07) is 31.2. The number of likely N-dealkylation sites (tertiary alicyclic amines) is 1. The molecule has 0 amide bonds. The monoisotopic (exact) mass is 423 g/mol. The number of hydrogen-bond acceptors (Lipinski definition) is 3. The van der Waals surface area contributed by atoms with Crippen LogP contribution in [0.15, 0.2) is 91.0 Å². The van der Waals surface area contributed by atoms with Gasteiger partial charge < -0.3 is 4.74 Å². The molecule has 4 heteroatoms. The van der Waals surface area contributed by atoms with Gasteiger partial charge in [-0.15, -0.1) is 0 Å². The van der Waals surface area contributed by atoms with Crippen molar-refractivity contribution in [3.05, 3.63) is 91.0 Å². The molecule has 0 spiro atoms. The normalized spacial score (nSPS) is 14.4. The molecule has 0 unspecified atom stereocenters. The fraction of sp³-hybridized carbons (Fsp3) is 0.250. The Bertz CT molecular complexity index is 1110. The molecule has 1 aromatic heterocycles. The van der Waals surface area contributed by atoms with Gasteiger partial charge in [0.2, 0.25) is 0 Å². The zero-order chi connectivity index (χ0) is 21.6. The Hall–Kier alpha value is -3.37. The molecular weight excluding hydrogens is 394 g/mol. The van der Waals surface area contributed by atoms with Crippen LogP contribution in [-0.4, -0.2) is 40.9 Å². The summed E-state index contributed by atoms with van der Waals surface area (Å²) in [5.41, 5.74) is 5.31. The Morgan fingerprint density at radius 1 is 0.719 bits per heavy atom. The fourth-order valence-corrected chi connectivity index (χ4v) is 4.30. The maximum atomic E-state index is 6.02. The van der Waals surface area contributed by atoms with Crippen molar-refractivity contribution in [2.45, 2.75) is 19.3 Å². The second-order valence-corrected chi connectivity index (χ2v) is 8.30. The highest BCUT2D eigenvalue weighted by atomic mass is 16.5. The van der Waals surface area contributed by atoms with Crippen LogP contribution >= 0.6 is 0 Å². The third-order valence-corrected chi connectivity index (χ3v) is 6.05. The molecular formula is C28H29N3O. The minimum absolute atomic E-state index is 0.736. The highest BCUT2D eigenvalue weighted by molar-refractivity contribution is 5.70. The van der Waals surface area contributed by atoms with Crippen LogP contribution in [0, 0.1) is 0 Å². The molecule has 4 aromatic rings. The molecule has 4 nitrogen and oxygen atoms in total. The van der Waals surface area contributed by atoms with Crippen LogP contribution in [0.3, 0.4) is 0 Å². The lowest BCUT2D eigenvalue weighted by Crippen LogP contribution is -2.33. The van der Waals surface area contributed by atoms with Gasteiger partial charge in [0.05, 0.1) is 17.1 Å². The minimum atomic E-state index is 0.736. The molecule has 0 saturated carbocycles. The maximum Gasteiger partial charge on any atom is 0.119 e. The molecule has 2 heterocycles. The van der Waals surface area contributed by atoms with E-state index >= 15 is 0 Å². The average molecular weight is 424 g/mol. The van der Waals surface area contributed by atoms with Crippen molar-refractivity contribution < 1.29 is 4.74 Å². The van der Waals surface area contributed by atoms with Crippen LogP contribution < -0.4 is 4.74 Å². The first kappa shape index (κ1) is 20.5. The summed E-state index contributed by atoms with van der Waals surface area (Å²) in [6.07, 6.45) is 3.99. The van der Waals surface area contributed by atoms with E-state index < -0.39 is 0 Å². The molecule has 0 bridgehead atoms. The van der Waals surface area contributed by atoms with Gasteiger partial charge in [-0.1, -0.05) is 55.0 Å². The number of ether oxygens (including phenoxy) is 1. The molecule has 162 valence electrons. The van der Waals surface area contributed by atoms with E-state index in [4.69, 9.17) is 9.84 Å². The van der Waals surface area contributed by atoms with E-state index in [-0.39, 0.29) is 0 Å². The zero-order valence-corrected chi connectivity index (χ0v) is 18.4. The standard InChI is InChI=1S/C28H29N3O/c1-4-10-23(11-5-1)27-22-28(31(29-27)25-12-6-2-7-13-25)24-14-16-26(17-15-24)32-21-20-30-18-8-3-9-19-30/h1-2,4-7,10-17,22H,3,8-9,18-21H2. The second kappa shape index (κ2) is 9.84. The number of benzene rings is 3. The minimum Gasteiger partial charge on any atom is -0.492 e. The zero-order valence-electron chi connectivity index (χ0n) is 18.4. The first-order chi connectivity index (χ1) is 15.9. The van der Waals surface area contributed by atoms with Crippen LogP contribution in [0.5, 0.6) is 5.75 Å². The van der Waals surface area contributed by atoms with Gasteiger partial charge in [-0.2, -0.15) is 5.10 Å². The quantitative estimate of drug-likeness (QED) is 0.361. The predicted molar refractivity (Wildman–Crippen MR) is 130 cm³/mol. The molecule has 0 atom stereocenters. The Balaban J connectivity index is 1.36. The lowest BCUT2D eigenvalue weighted by Gasteiger charge is -2.26. The van der Waals surface area contributed by atoms with E-state index in [1.807, 2.05) is 41.1 Å². The molecule has 32 heavy (non-hydrogen) atoms. The summed E-state index contributed by atoms with van der Waals surface area (Å²) in [5, 5.41) is 4.93. The molecule has 1 saturated heterocycles. The van der Waals surface area contributed by atoms with E-state index in [0.29, 0.717) is 0 Å². The molecule has 0 aliphatic carbocycles. The van der Waals surface area contributed by atoms with Crippen molar-refractivity contribution in [1.29, 1.82) is 0 Å². The summed E-state index contributed by atoms with van der Waals surface area (Å²) < 4.78 is 8.05. The van der Waals surface area contributed by atoms with Crippen LogP contribution in [-0.2, 0) is 0 Å². The summed E-state index contributed by atoms with van der Waals surface area (Å²) in [4.78, 5) is 2.50. The number of piperidine rings is 1. The van der Waals surface area contributed by atoms with Gasteiger partial charge in [0, 0.05) is 17.7 Å². The number of rotatable bonds is 7. The summed E-state index contributed by atoms with van der Waals surface area (Å²) in [6.45, 7) is 4.15. The van der Waals surface area contributed by atoms with Crippen LogP contribution in [0.4, 0.5) is 0 Å². The van der Waals surface area contributed by atoms with E-state index in [2.05, 4.69) is 59.5 Å². The summed E-state index contributed by atoms with van der Waals surface area (Å²) >= 11 is 0. The van der Waals surface area contributed by atoms with E-state index in [1.165, 1.54) is 32.4 Å². The van der Waals surface area contributed by atoms with Gasteiger partial charge in [-0.05, 0) is 68.4 Å². The van der Waals surface area contributed by atoms with Gasteiger partial charge in [0.1, 0.15) is 12.4 Å². The van der Waals surface area contributed by atoms with E-state index in [9.17, 15) is 0 Å². The van der Waals surface area contributed by atoms with Crippen LogP contribution in [0.2, 0.25) is 0 Å². The fourth-order valence-electron chi connectivity index (χ4n) is 4.30. The lowest BCUT2D eigenvalue weighted by molar-refractivity contribution is 0.183. The summed E-state index contributed by atoms with van der Waals surface area (Å²) in [5.74, 6) is 0.916. The van der Waals surface area contributed by atoms with E-state index in [0.717, 1.165) is 47.1 Å². The predicted octanol–water partition coefficient (Wildman–Crippen LogP) is 6.07. The van der Waals surface area contributed by atoms with Crippen molar-refractivity contribution in [2.24, 2.45) is 0 Å². The third kappa shape index (κ3) is 4.76. The van der Waals surface area contributed by atoms with Gasteiger partial charge >= 0.3 is 0 Å².